The summed E-state index contributed by atoms with van der Waals surface area (Å²) in [5.74, 6) is 0.0920. The molecule has 2 aromatic rings. The van der Waals surface area contributed by atoms with Crippen LogP contribution in [0.25, 0.3) is 0 Å². The zero-order chi connectivity index (χ0) is 19.3. The van der Waals surface area contributed by atoms with Gasteiger partial charge in [-0.2, -0.15) is 10.4 Å². The molecular formula is C20H24N4O2. The molecule has 0 aliphatic heterocycles. The van der Waals surface area contributed by atoms with Gasteiger partial charge in [-0.3, -0.25) is 9.59 Å². The van der Waals surface area contributed by atoms with Gasteiger partial charge in [0.25, 0.3) is 5.56 Å². The molecule has 6 nitrogen and oxygen atoms in total. The number of aryl methyl sites for hydroxylation is 1. The van der Waals surface area contributed by atoms with Crippen LogP contribution >= 0.6 is 0 Å². The Morgan fingerprint density at radius 1 is 1.27 bits per heavy atom. The van der Waals surface area contributed by atoms with Crippen molar-refractivity contribution in [2.45, 2.75) is 46.7 Å². The van der Waals surface area contributed by atoms with Crippen molar-refractivity contribution in [3.63, 3.8) is 0 Å². The van der Waals surface area contributed by atoms with E-state index in [1.165, 1.54) is 0 Å². The molecule has 0 aliphatic rings. The van der Waals surface area contributed by atoms with Crippen molar-refractivity contribution in [1.29, 1.82) is 5.26 Å². The Labute approximate surface area is 153 Å². The van der Waals surface area contributed by atoms with E-state index in [4.69, 9.17) is 0 Å². The molecule has 0 fully saturated rings. The minimum Gasteiger partial charge on any atom is -0.348 e. The van der Waals surface area contributed by atoms with Crippen LogP contribution in [0.1, 0.15) is 48.7 Å². The van der Waals surface area contributed by atoms with Crippen LogP contribution in [0.3, 0.4) is 0 Å². The summed E-state index contributed by atoms with van der Waals surface area (Å²) in [6, 6.07) is 11.5. The van der Waals surface area contributed by atoms with Gasteiger partial charge in [0.2, 0.25) is 5.91 Å². The number of nitriles is 1. The molecular weight excluding hydrogens is 328 g/mol. The van der Waals surface area contributed by atoms with Gasteiger partial charge in [-0.25, -0.2) is 4.68 Å². The first kappa shape index (κ1) is 19.4. The van der Waals surface area contributed by atoms with Crippen LogP contribution < -0.4 is 10.9 Å². The zero-order valence-electron chi connectivity index (χ0n) is 15.6. The zero-order valence-corrected chi connectivity index (χ0v) is 15.6. The molecule has 0 saturated carbocycles. The average Bonchev–Trinajstić information content (AvgIpc) is 2.60. The first-order valence-electron chi connectivity index (χ1n) is 8.66. The summed E-state index contributed by atoms with van der Waals surface area (Å²) >= 11 is 0. The molecule has 0 spiro atoms. The van der Waals surface area contributed by atoms with E-state index in [0.717, 1.165) is 16.7 Å². The second kappa shape index (κ2) is 8.43. The smallest absolute Gasteiger partial charge is 0.285 e. The lowest BCUT2D eigenvalue weighted by atomic mass is 9.97. The van der Waals surface area contributed by atoms with Gasteiger partial charge in [-0.05, 0) is 37.3 Å². The predicted molar refractivity (Wildman–Crippen MR) is 99.5 cm³/mol. The molecule has 0 aliphatic carbocycles. The molecule has 1 unspecified atom stereocenters. The summed E-state index contributed by atoms with van der Waals surface area (Å²) in [4.78, 5) is 24.9. The third-order valence-electron chi connectivity index (χ3n) is 4.29. The second-order valence-electron chi connectivity index (χ2n) is 6.82. The Hall–Kier alpha value is -2.94. The van der Waals surface area contributed by atoms with Gasteiger partial charge in [-0.1, -0.05) is 44.2 Å². The van der Waals surface area contributed by atoms with Crippen LogP contribution in [0, 0.1) is 31.1 Å². The van der Waals surface area contributed by atoms with Crippen LogP contribution in [0.4, 0.5) is 0 Å². The van der Waals surface area contributed by atoms with Gasteiger partial charge in [-0.15, -0.1) is 0 Å². The van der Waals surface area contributed by atoms with Crippen molar-refractivity contribution >= 4 is 5.91 Å². The molecule has 1 atom stereocenters. The standard InChI is InChI=1S/C20H24N4O2/c1-13(2)10-18(16-8-6-5-7-9-16)22-19(25)12-24-20(26)17(11-21)14(3)15(4)23-24/h5-9,13,18H,10,12H2,1-4H3,(H,22,25). The highest BCUT2D eigenvalue weighted by atomic mass is 16.2. The Morgan fingerprint density at radius 3 is 2.50 bits per heavy atom. The largest absolute Gasteiger partial charge is 0.348 e. The number of carbonyl (C=O) groups is 1. The van der Waals surface area contributed by atoms with Gasteiger partial charge in [0, 0.05) is 0 Å². The summed E-state index contributed by atoms with van der Waals surface area (Å²) in [7, 11) is 0. The lowest BCUT2D eigenvalue weighted by Crippen LogP contribution is -2.37. The number of benzene rings is 1. The van der Waals surface area contributed by atoms with E-state index in [2.05, 4.69) is 24.3 Å². The summed E-state index contributed by atoms with van der Waals surface area (Å²) in [6.07, 6.45) is 0.786. The topological polar surface area (TPSA) is 87.8 Å². The van der Waals surface area contributed by atoms with E-state index in [-0.39, 0.29) is 24.1 Å². The number of aromatic nitrogens is 2. The lowest BCUT2D eigenvalue weighted by Gasteiger charge is -2.21. The van der Waals surface area contributed by atoms with Gasteiger partial charge >= 0.3 is 0 Å². The van der Waals surface area contributed by atoms with Gasteiger partial charge < -0.3 is 5.32 Å². The van der Waals surface area contributed by atoms with Crippen LogP contribution in [-0.2, 0) is 11.3 Å². The van der Waals surface area contributed by atoms with E-state index in [1.807, 2.05) is 36.4 Å². The number of amides is 1. The van der Waals surface area contributed by atoms with E-state index in [0.29, 0.717) is 17.2 Å². The highest BCUT2D eigenvalue weighted by molar-refractivity contribution is 5.76. The summed E-state index contributed by atoms with van der Waals surface area (Å²) in [6.45, 7) is 7.37. The minimum absolute atomic E-state index is 0.0343. The summed E-state index contributed by atoms with van der Waals surface area (Å²) < 4.78 is 1.06. The maximum Gasteiger partial charge on any atom is 0.285 e. The number of rotatable bonds is 6. The van der Waals surface area contributed by atoms with Crippen molar-refractivity contribution in [3.8, 4) is 6.07 Å². The normalized spacial score (nSPS) is 11.8. The molecule has 6 heteroatoms. The molecule has 1 aromatic carbocycles. The maximum atomic E-state index is 12.5. The molecule has 1 aromatic heterocycles. The van der Waals surface area contributed by atoms with Crippen molar-refractivity contribution in [2.75, 3.05) is 0 Å². The Kier molecular flexibility index (Phi) is 6.29. The highest BCUT2D eigenvalue weighted by Gasteiger charge is 2.18. The number of nitrogens with zero attached hydrogens (tertiary/aromatic N) is 3. The number of hydrogen-bond acceptors (Lipinski definition) is 4. The second-order valence-corrected chi connectivity index (χ2v) is 6.82. The minimum atomic E-state index is -0.536. The Bertz CT molecular complexity index is 879. The van der Waals surface area contributed by atoms with Crippen LogP contribution in [0.15, 0.2) is 35.1 Å². The Balaban J connectivity index is 2.23. The first-order chi connectivity index (χ1) is 12.3. The third kappa shape index (κ3) is 4.57. The van der Waals surface area contributed by atoms with E-state index in [9.17, 15) is 14.9 Å². The van der Waals surface area contributed by atoms with Crippen molar-refractivity contribution in [2.24, 2.45) is 5.92 Å². The van der Waals surface area contributed by atoms with Gasteiger partial charge in [0.15, 0.2) is 0 Å². The lowest BCUT2D eigenvalue weighted by molar-refractivity contribution is -0.122. The molecule has 136 valence electrons. The van der Waals surface area contributed by atoms with Crippen molar-refractivity contribution in [3.05, 3.63) is 63.1 Å². The van der Waals surface area contributed by atoms with Crippen LogP contribution in [0.5, 0.6) is 0 Å². The molecule has 26 heavy (non-hydrogen) atoms. The molecule has 0 radical (unpaired) electrons. The third-order valence-corrected chi connectivity index (χ3v) is 4.29. The fourth-order valence-corrected chi connectivity index (χ4v) is 2.82. The monoisotopic (exact) mass is 352 g/mol. The highest BCUT2D eigenvalue weighted by Crippen LogP contribution is 2.21. The van der Waals surface area contributed by atoms with Crippen molar-refractivity contribution in [1.82, 2.24) is 15.1 Å². The van der Waals surface area contributed by atoms with E-state index in [1.54, 1.807) is 13.8 Å². The SMILES string of the molecule is Cc1nn(CC(=O)NC(CC(C)C)c2ccccc2)c(=O)c(C#N)c1C. The first-order valence-corrected chi connectivity index (χ1v) is 8.66. The van der Waals surface area contributed by atoms with E-state index < -0.39 is 5.56 Å². The van der Waals surface area contributed by atoms with Crippen LogP contribution in [-0.4, -0.2) is 15.7 Å². The number of carbonyl (C=O) groups excluding carboxylic acids is 1. The number of hydrogen-bond donors (Lipinski definition) is 1. The molecule has 0 saturated heterocycles. The summed E-state index contributed by atoms with van der Waals surface area (Å²) in [5.41, 5.74) is 1.64. The molecule has 2 rings (SSSR count). The Morgan fingerprint density at radius 2 is 1.92 bits per heavy atom. The molecule has 1 N–H and O–H groups in total. The average molecular weight is 352 g/mol. The molecule has 1 heterocycles. The quantitative estimate of drug-likeness (QED) is 0.866. The molecule has 0 bridgehead atoms. The van der Waals surface area contributed by atoms with Gasteiger partial charge in [0.05, 0.1) is 11.7 Å². The summed E-state index contributed by atoms with van der Waals surface area (Å²) in [5, 5.41) is 16.3. The fraction of sp³-hybridized carbons (Fsp3) is 0.400. The maximum absolute atomic E-state index is 12.5. The van der Waals surface area contributed by atoms with Crippen LogP contribution in [0.2, 0.25) is 0 Å². The molecule has 1 amide bonds. The number of nitrogens with one attached hydrogen (secondary N) is 1. The predicted octanol–water partition coefficient (Wildman–Crippen LogP) is 2.64. The van der Waals surface area contributed by atoms with Gasteiger partial charge in [0.1, 0.15) is 18.2 Å². The van der Waals surface area contributed by atoms with E-state index >= 15 is 0 Å². The van der Waals surface area contributed by atoms with Crippen molar-refractivity contribution < 1.29 is 4.79 Å². The fourth-order valence-electron chi connectivity index (χ4n) is 2.82.